The Morgan fingerprint density at radius 2 is 1.03 bits per heavy atom. The van der Waals surface area contributed by atoms with Crippen LogP contribution in [0.5, 0.6) is 0 Å². The first-order valence-electron chi connectivity index (χ1n) is 12.2. The van der Waals surface area contributed by atoms with E-state index in [0.717, 1.165) is 11.1 Å². The zero-order valence-corrected chi connectivity index (χ0v) is 22.3. The van der Waals surface area contributed by atoms with E-state index in [9.17, 15) is 9.59 Å². The van der Waals surface area contributed by atoms with Crippen LogP contribution in [-0.4, -0.2) is 29.0 Å². The first kappa shape index (κ1) is 27.7. The van der Waals surface area contributed by atoms with E-state index < -0.39 is 17.0 Å². The van der Waals surface area contributed by atoms with Crippen molar-refractivity contribution in [3.05, 3.63) is 82.9 Å². The molecular formula is C29H37NO6. The second-order valence-corrected chi connectivity index (χ2v) is 10.3. The zero-order valence-electron chi connectivity index (χ0n) is 22.3. The Bertz CT molecular complexity index is 1010. The SMILES string of the molecule is CC1=C(C)C(=O)N(CCCC(C)(OOC(C)(C)c2ccccc2)OOC(C)(C)c2ccccc2)C1=O. The van der Waals surface area contributed by atoms with Gasteiger partial charge >= 0.3 is 0 Å². The van der Waals surface area contributed by atoms with Crippen molar-refractivity contribution in [1.29, 1.82) is 0 Å². The van der Waals surface area contributed by atoms with Crippen molar-refractivity contribution in [3.63, 3.8) is 0 Å². The third-order valence-corrected chi connectivity index (χ3v) is 6.50. The summed E-state index contributed by atoms with van der Waals surface area (Å²) < 4.78 is 0. The molecule has 1 aliphatic rings. The van der Waals surface area contributed by atoms with Gasteiger partial charge in [-0.25, -0.2) is 9.78 Å². The van der Waals surface area contributed by atoms with E-state index in [-0.39, 0.29) is 18.4 Å². The molecule has 0 atom stereocenters. The van der Waals surface area contributed by atoms with E-state index in [1.165, 1.54) is 4.90 Å². The van der Waals surface area contributed by atoms with Gasteiger partial charge in [0.1, 0.15) is 11.2 Å². The molecule has 2 aromatic rings. The normalized spacial score (nSPS) is 15.2. The smallest absolute Gasteiger partial charge is 0.256 e. The first-order chi connectivity index (χ1) is 16.9. The van der Waals surface area contributed by atoms with Crippen LogP contribution in [0, 0.1) is 0 Å². The average molecular weight is 496 g/mol. The second-order valence-electron chi connectivity index (χ2n) is 10.3. The maximum atomic E-state index is 12.4. The van der Waals surface area contributed by atoms with Crippen molar-refractivity contribution in [1.82, 2.24) is 4.90 Å². The Kier molecular flexibility index (Phi) is 8.52. The molecule has 36 heavy (non-hydrogen) atoms. The maximum Gasteiger partial charge on any atom is 0.256 e. The van der Waals surface area contributed by atoms with Crippen LogP contribution in [0.25, 0.3) is 0 Å². The number of imide groups is 1. The zero-order chi connectivity index (χ0) is 26.6. The number of carbonyl (C=O) groups excluding carboxylic acids is 2. The van der Waals surface area contributed by atoms with E-state index in [1.807, 2.05) is 88.4 Å². The lowest BCUT2D eigenvalue weighted by Crippen LogP contribution is -2.40. The third-order valence-electron chi connectivity index (χ3n) is 6.50. The Hall–Kier alpha value is -2.84. The van der Waals surface area contributed by atoms with E-state index in [2.05, 4.69) is 0 Å². The van der Waals surface area contributed by atoms with Crippen LogP contribution in [0.15, 0.2) is 71.8 Å². The van der Waals surface area contributed by atoms with Crippen LogP contribution < -0.4 is 0 Å². The summed E-state index contributed by atoms with van der Waals surface area (Å²) in [5, 5.41) is 0. The molecule has 0 saturated heterocycles. The molecule has 1 heterocycles. The van der Waals surface area contributed by atoms with Crippen LogP contribution in [0.4, 0.5) is 0 Å². The van der Waals surface area contributed by atoms with Gasteiger partial charge in [-0.2, -0.15) is 9.78 Å². The van der Waals surface area contributed by atoms with E-state index in [0.29, 0.717) is 24.0 Å². The van der Waals surface area contributed by atoms with Crippen molar-refractivity contribution in [2.45, 2.75) is 78.3 Å². The van der Waals surface area contributed by atoms with E-state index >= 15 is 0 Å². The lowest BCUT2D eigenvalue weighted by atomic mass is 9.99. The van der Waals surface area contributed by atoms with Gasteiger partial charge in [0.15, 0.2) is 0 Å². The summed E-state index contributed by atoms with van der Waals surface area (Å²) >= 11 is 0. The van der Waals surface area contributed by atoms with Crippen molar-refractivity contribution >= 4 is 11.8 Å². The lowest BCUT2D eigenvalue weighted by Gasteiger charge is -2.35. The highest BCUT2D eigenvalue weighted by molar-refractivity contribution is 6.18. The summed E-state index contributed by atoms with van der Waals surface area (Å²) in [5.41, 5.74) is 1.30. The van der Waals surface area contributed by atoms with Crippen molar-refractivity contribution in [2.75, 3.05) is 6.54 Å². The van der Waals surface area contributed by atoms with Crippen molar-refractivity contribution < 1.29 is 29.1 Å². The number of carbonyl (C=O) groups is 2. The minimum atomic E-state index is -1.32. The highest BCUT2D eigenvalue weighted by Gasteiger charge is 2.38. The molecule has 2 amide bonds. The molecule has 0 N–H and O–H groups in total. The largest absolute Gasteiger partial charge is 0.275 e. The summed E-state index contributed by atoms with van der Waals surface area (Å²) in [6.07, 6.45) is 0.733. The van der Waals surface area contributed by atoms with Crippen LogP contribution in [0.1, 0.15) is 72.4 Å². The first-order valence-corrected chi connectivity index (χ1v) is 12.2. The molecule has 0 fully saturated rings. The molecule has 0 aromatic heterocycles. The monoisotopic (exact) mass is 495 g/mol. The molecule has 3 rings (SSSR count). The fraction of sp³-hybridized carbons (Fsp3) is 0.448. The summed E-state index contributed by atoms with van der Waals surface area (Å²) in [5.74, 6) is -1.84. The predicted molar refractivity (Wildman–Crippen MR) is 136 cm³/mol. The van der Waals surface area contributed by atoms with Crippen molar-refractivity contribution in [2.24, 2.45) is 0 Å². The van der Waals surface area contributed by atoms with Gasteiger partial charge in [-0.1, -0.05) is 60.7 Å². The van der Waals surface area contributed by atoms with Crippen LogP contribution in [0.2, 0.25) is 0 Å². The minimum absolute atomic E-state index is 0.235. The molecule has 0 unspecified atom stereocenters. The van der Waals surface area contributed by atoms with Gasteiger partial charge in [-0.15, -0.1) is 0 Å². The average Bonchev–Trinajstić information content (AvgIpc) is 3.05. The minimum Gasteiger partial charge on any atom is -0.275 e. The molecule has 1 aliphatic heterocycles. The fourth-order valence-corrected chi connectivity index (χ4v) is 3.84. The summed E-state index contributed by atoms with van der Waals surface area (Å²) in [6.45, 7) is 12.9. The number of rotatable bonds is 12. The van der Waals surface area contributed by atoms with Crippen molar-refractivity contribution in [3.8, 4) is 0 Å². The van der Waals surface area contributed by atoms with Gasteiger partial charge in [0, 0.05) is 24.1 Å². The number of amides is 2. The summed E-state index contributed by atoms with van der Waals surface area (Å²) in [4.78, 5) is 49.7. The fourth-order valence-electron chi connectivity index (χ4n) is 3.84. The Labute approximate surface area is 213 Å². The molecule has 0 radical (unpaired) electrons. The highest BCUT2D eigenvalue weighted by atomic mass is 17.3. The van der Waals surface area contributed by atoms with Gasteiger partial charge in [0.05, 0.1) is 0 Å². The molecular weight excluding hydrogens is 458 g/mol. The van der Waals surface area contributed by atoms with E-state index in [1.54, 1.807) is 20.8 Å². The topological polar surface area (TPSA) is 74.3 Å². The molecule has 194 valence electrons. The molecule has 0 bridgehead atoms. The summed E-state index contributed by atoms with van der Waals surface area (Å²) in [6, 6.07) is 19.4. The Morgan fingerprint density at radius 1 is 0.639 bits per heavy atom. The molecule has 0 saturated carbocycles. The van der Waals surface area contributed by atoms with Gasteiger partial charge in [-0.3, -0.25) is 14.5 Å². The van der Waals surface area contributed by atoms with Crippen LogP contribution in [-0.2, 0) is 40.3 Å². The lowest BCUT2D eigenvalue weighted by molar-refractivity contribution is -0.543. The van der Waals surface area contributed by atoms with Gasteiger partial charge in [0.25, 0.3) is 11.8 Å². The van der Waals surface area contributed by atoms with Crippen LogP contribution in [0.3, 0.4) is 0 Å². The Balaban J connectivity index is 1.71. The number of hydrogen-bond donors (Lipinski definition) is 0. The maximum absolute atomic E-state index is 12.4. The van der Waals surface area contributed by atoms with Gasteiger partial charge in [0.2, 0.25) is 5.79 Å². The molecule has 0 aliphatic carbocycles. The van der Waals surface area contributed by atoms with E-state index in [4.69, 9.17) is 19.6 Å². The number of hydrogen-bond acceptors (Lipinski definition) is 6. The predicted octanol–water partition coefficient (Wildman–Crippen LogP) is 5.96. The highest BCUT2D eigenvalue weighted by Crippen LogP contribution is 2.33. The second kappa shape index (κ2) is 11.0. The molecule has 0 spiro atoms. The van der Waals surface area contributed by atoms with Gasteiger partial charge < -0.3 is 0 Å². The molecule has 7 nitrogen and oxygen atoms in total. The third kappa shape index (κ3) is 6.48. The number of nitrogens with zero attached hydrogens (tertiary/aromatic N) is 1. The number of benzene rings is 2. The molecule has 7 heteroatoms. The molecule has 2 aromatic carbocycles. The quantitative estimate of drug-likeness (QED) is 0.157. The summed E-state index contributed by atoms with van der Waals surface area (Å²) in [7, 11) is 0. The Morgan fingerprint density at radius 3 is 1.42 bits per heavy atom. The van der Waals surface area contributed by atoms with Gasteiger partial charge in [-0.05, 0) is 66.0 Å². The standard InChI is InChI=1S/C29H37NO6/c1-21-22(2)26(32)30(25(21)31)20-14-19-29(7,35-33-27(3,4)23-15-10-8-11-16-23)36-34-28(5,6)24-17-12-9-13-18-24/h8-13,15-18H,14,19-20H2,1-7H3. The van der Waals surface area contributed by atoms with Crippen LogP contribution >= 0.6 is 0 Å².